The van der Waals surface area contributed by atoms with Crippen molar-refractivity contribution in [3.05, 3.63) is 17.8 Å². The van der Waals surface area contributed by atoms with E-state index in [-0.39, 0.29) is 17.6 Å². The summed E-state index contributed by atoms with van der Waals surface area (Å²) in [5.74, 6) is 7.47. The van der Waals surface area contributed by atoms with Gasteiger partial charge in [-0.15, -0.1) is 10.2 Å². The molecule has 0 atom stereocenters. The fourth-order valence-corrected chi connectivity index (χ4v) is 2.56. The SMILES string of the molecule is CC.CC(C)CC(C)(C)C#Cc1ccc(OC2CC(O)C2)nn1.CNC.COC. The molecule has 0 unspecified atom stereocenters. The van der Waals surface area contributed by atoms with E-state index in [9.17, 15) is 5.11 Å². The van der Waals surface area contributed by atoms with Crippen molar-refractivity contribution in [2.45, 2.75) is 73.0 Å². The lowest BCUT2D eigenvalue weighted by Gasteiger charge is -2.30. The van der Waals surface area contributed by atoms with Crippen LogP contribution in [-0.2, 0) is 4.74 Å². The minimum Gasteiger partial charge on any atom is -0.473 e. The first kappa shape index (κ1) is 29.5. The van der Waals surface area contributed by atoms with Gasteiger partial charge in [-0.2, -0.15) is 0 Å². The first-order valence-corrected chi connectivity index (χ1v) is 10.4. The summed E-state index contributed by atoms with van der Waals surface area (Å²) in [6, 6.07) is 3.62. The minimum absolute atomic E-state index is 0.0207. The second kappa shape index (κ2) is 17.2. The van der Waals surface area contributed by atoms with Crippen LogP contribution in [0.25, 0.3) is 0 Å². The highest BCUT2D eigenvalue weighted by Gasteiger charge is 2.29. The number of aromatic nitrogens is 2. The Labute approximate surface area is 178 Å². The number of hydrogen-bond donors (Lipinski definition) is 2. The van der Waals surface area contributed by atoms with Crippen molar-refractivity contribution >= 4 is 0 Å². The van der Waals surface area contributed by atoms with E-state index in [4.69, 9.17) is 4.74 Å². The van der Waals surface area contributed by atoms with Crippen molar-refractivity contribution in [3.8, 4) is 17.7 Å². The van der Waals surface area contributed by atoms with Crippen molar-refractivity contribution in [2.75, 3.05) is 28.3 Å². The van der Waals surface area contributed by atoms with Crippen LogP contribution in [0.1, 0.15) is 66.5 Å². The van der Waals surface area contributed by atoms with E-state index in [0.29, 0.717) is 30.3 Å². The molecule has 2 rings (SSSR count). The monoisotopic (exact) mass is 409 g/mol. The van der Waals surface area contributed by atoms with Gasteiger partial charge in [-0.25, -0.2) is 0 Å². The van der Waals surface area contributed by atoms with Gasteiger partial charge in [-0.3, -0.25) is 0 Å². The fourth-order valence-electron chi connectivity index (χ4n) is 2.56. The number of aliphatic hydroxyl groups is 1. The van der Waals surface area contributed by atoms with E-state index >= 15 is 0 Å². The molecule has 1 fully saturated rings. The van der Waals surface area contributed by atoms with E-state index in [1.165, 1.54) is 0 Å². The molecule has 1 aromatic rings. The maximum absolute atomic E-state index is 9.21. The Kier molecular flexibility index (Phi) is 17.5. The van der Waals surface area contributed by atoms with Crippen LogP contribution in [0.2, 0.25) is 0 Å². The Morgan fingerprint density at radius 2 is 1.69 bits per heavy atom. The standard InChI is InChI=1S/C17H24N2O2.C2H7N.C2H6O.C2H6/c1-12(2)11-17(3,4)8-7-13-5-6-16(19-18-13)21-15-9-14(20)10-15;2*1-3-2;1-2/h5-6,12,14-15,20H,9-11H2,1-4H3;3H,1-2H3;1-2H3;1-2H3. The molecule has 6 nitrogen and oxygen atoms in total. The lowest BCUT2D eigenvalue weighted by Crippen LogP contribution is -2.37. The highest BCUT2D eigenvalue weighted by atomic mass is 16.5. The highest BCUT2D eigenvalue weighted by molar-refractivity contribution is 5.29. The van der Waals surface area contributed by atoms with Gasteiger partial charge in [-0.05, 0) is 52.3 Å². The highest BCUT2D eigenvalue weighted by Crippen LogP contribution is 2.25. The molecular weight excluding hydrogens is 366 g/mol. The number of methoxy groups -OCH3 is 1. The third kappa shape index (κ3) is 15.9. The second-order valence-corrected chi connectivity index (χ2v) is 7.76. The van der Waals surface area contributed by atoms with Crippen LogP contribution in [0.5, 0.6) is 5.88 Å². The van der Waals surface area contributed by atoms with E-state index in [1.54, 1.807) is 20.3 Å². The summed E-state index contributed by atoms with van der Waals surface area (Å²) in [7, 11) is 7.00. The Morgan fingerprint density at radius 1 is 1.17 bits per heavy atom. The molecule has 1 aromatic heterocycles. The Morgan fingerprint density at radius 3 is 2.07 bits per heavy atom. The summed E-state index contributed by atoms with van der Waals surface area (Å²) in [4.78, 5) is 0. The first-order valence-electron chi connectivity index (χ1n) is 10.4. The number of rotatable bonds is 4. The molecule has 168 valence electrons. The molecule has 1 heterocycles. The third-order valence-corrected chi connectivity index (χ3v) is 3.44. The zero-order valence-electron chi connectivity index (χ0n) is 20.2. The molecular formula is C23H43N3O3. The molecule has 0 bridgehead atoms. The molecule has 0 amide bonds. The maximum Gasteiger partial charge on any atom is 0.233 e. The number of ether oxygens (including phenoxy) is 2. The number of nitrogens with zero attached hydrogens (tertiary/aromatic N) is 2. The molecule has 0 saturated heterocycles. The van der Waals surface area contributed by atoms with Crippen molar-refractivity contribution in [2.24, 2.45) is 11.3 Å². The quantitative estimate of drug-likeness (QED) is 0.734. The fraction of sp³-hybridized carbons (Fsp3) is 0.739. The molecule has 0 aliphatic heterocycles. The summed E-state index contributed by atoms with van der Waals surface area (Å²) in [5, 5.41) is 20.1. The average molecular weight is 410 g/mol. The van der Waals surface area contributed by atoms with E-state index in [1.807, 2.05) is 34.0 Å². The summed E-state index contributed by atoms with van der Waals surface area (Å²) >= 11 is 0. The Hall–Kier alpha value is -1.68. The molecule has 1 saturated carbocycles. The van der Waals surface area contributed by atoms with Crippen LogP contribution in [0, 0.1) is 23.2 Å². The summed E-state index contributed by atoms with van der Waals surface area (Å²) < 4.78 is 9.84. The van der Waals surface area contributed by atoms with Crippen molar-refractivity contribution in [1.82, 2.24) is 15.5 Å². The van der Waals surface area contributed by atoms with Gasteiger partial charge in [0.1, 0.15) is 11.8 Å². The molecule has 1 aliphatic carbocycles. The van der Waals surface area contributed by atoms with Crippen LogP contribution in [0.4, 0.5) is 0 Å². The zero-order valence-corrected chi connectivity index (χ0v) is 20.2. The Balaban J connectivity index is 0. The van der Waals surface area contributed by atoms with Crippen molar-refractivity contribution < 1.29 is 14.6 Å². The van der Waals surface area contributed by atoms with Gasteiger partial charge < -0.3 is 19.9 Å². The largest absolute Gasteiger partial charge is 0.473 e. The molecule has 0 radical (unpaired) electrons. The van der Waals surface area contributed by atoms with E-state index < -0.39 is 0 Å². The average Bonchev–Trinajstić information content (AvgIpc) is 2.62. The van der Waals surface area contributed by atoms with Crippen LogP contribution in [0.15, 0.2) is 12.1 Å². The molecule has 2 N–H and O–H groups in total. The summed E-state index contributed by atoms with van der Waals surface area (Å²) in [5.41, 5.74) is 0.639. The molecule has 29 heavy (non-hydrogen) atoms. The van der Waals surface area contributed by atoms with Gasteiger partial charge >= 0.3 is 0 Å². The number of nitrogens with one attached hydrogen (secondary N) is 1. The van der Waals surface area contributed by atoms with Crippen LogP contribution in [-0.4, -0.2) is 55.8 Å². The predicted molar refractivity (Wildman–Crippen MR) is 121 cm³/mol. The molecule has 0 aromatic carbocycles. The minimum atomic E-state index is -0.226. The molecule has 6 heteroatoms. The molecule has 1 aliphatic rings. The van der Waals surface area contributed by atoms with Gasteiger partial charge in [0.05, 0.1) is 6.10 Å². The van der Waals surface area contributed by atoms with E-state index in [0.717, 1.165) is 6.42 Å². The van der Waals surface area contributed by atoms with E-state index in [2.05, 4.69) is 59.8 Å². The van der Waals surface area contributed by atoms with Crippen LogP contribution < -0.4 is 10.1 Å². The van der Waals surface area contributed by atoms with Gasteiger partial charge in [-0.1, -0.05) is 33.6 Å². The van der Waals surface area contributed by atoms with Crippen LogP contribution in [0.3, 0.4) is 0 Å². The number of aliphatic hydroxyl groups excluding tert-OH is 1. The smallest absolute Gasteiger partial charge is 0.233 e. The van der Waals surface area contributed by atoms with Crippen LogP contribution >= 0.6 is 0 Å². The topological polar surface area (TPSA) is 76.5 Å². The van der Waals surface area contributed by atoms with Gasteiger partial charge in [0.15, 0.2) is 0 Å². The van der Waals surface area contributed by atoms with Gasteiger partial charge in [0, 0.05) is 38.5 Å². The first-order chi connectivity index (χ1) is 13.7. The van der Waals surface area contributed by atoms with Gasteiger partial charge in [0.25, 0.3) is 0 Å². The maximum atomic E-state index is 9.21. The molecule has 0 spiro atoms. The second-order valence-electron chi connectivity index (χ2n) is 7.76. The van der Waals surface area contributed by atoms with Crippen molar-refractivity contribution in [1.29, 1.82) is 0 Å². The lowest BCUT2D eigenvalue weighted by atomic mass is 9.84. The zero-order chi connectivity index (χ0) is 22.9. The summed E-state index contributed by atoms with van der Waals surface area (Å²) in [6.07, 6.45) is 2.24. The Bertz CT molecular complexity index is 555. The van der Waals surface area contributed by atoms with Crippen molar-refractivity contribution in [3.63, 3.8) is 0 Å². The number of hydrogen-bond acceptors (Lipinski definition) is 6. The third-order valence-electron chi connectivity index (χ3n) is 3.44. The normalized spacial score (nSPS) is 17.0. The summed E-state index contributed by atoms with van der Waals surface area (Å²) in [6.45, 7) is 12.7. The predicted octanol–water partition coefficient (Wildman–Crippen LogP) is 3.93. The lowest BCUT2D eigenvalue weighted by molar-refractivity contribution is -0.0132. The van der Waals surface area contributed by atoms with Gasteiger partial charge in [0.2, 0.25) is 5.88 Å².